The van der Waals surface area contributed by atoms with Crippen LogP contribution in [0.1, 0.15) is 37.4 Å². The standard InChI is InChI=1S/C30H27NO3.ClH/c1-23-15-17-26(18-16-23)30(33)34-28-14-8-13-27(19-28)29(32)22-31(20-24-9-4-2-5-10-24)21-25-11-6-3-7-12-25;/h2-19H,20-22H2,1H3;1H. The van der Waals surface area contributed by atoms with E-state index in [0.717, 1.165) is 16.7 Å². The molecular formula is C30H28ClNO3. The average molecular weight is 486 g/mol. The lowest BCUT2D eigenvalue weighted by molar-refractivity contribution is 0.0733. The molecule has 0 aromatic heterocycles. The Labute approximate surface area is 212 Å². The Morgan fingerprint density at radius 1 is 0.686 bits per heavy atom. The van der Waals surface area contributed by atoms with Crippen LogP contribution in [0.2, 0.25) is 0 Å². The lowest BCUT2D eigenvalue weighted by Crippen LogP contribution is -2.29. The van der Waals surface area contributed by atoms with Gasteiger partial charge in [0.1, 0.15) is 5.75 Å². The van der Waals surface area contributed by atoms with Crippen LogP contribution in [0.5, 0.6) is 5.75 Å². The number of hydrogen-bond donors (Lipinski definition) is 0. The molecule has 178 valence electrons. The molecule has 4 nitrogen and oxygen atoms in total. The number of halogens is 1. The number of benzene rings is 4. The van der Waals surface area contributed by atoms with E-state index in [0.29, 0.717) is 30.0 Å². The van der Waals surface area contributed by atoms with Crippen LogP contribution in [0, 0.1) is 6.92 Å². The first-order valence-electron chi connectivity index (χ1n) is 11.3. The highest BCUT2D eigenvalue weighted by Gasteiger charge is 2.16. The number of rotatable bonds is 9. The van der Waals surface area contributed by atoms with Gasteiger partial charge in [0.25, 0.3) is 0 Å². The van der Waals surface area contributed by atoms with Crippen molar-refractivity contribution < 1.29 is 14.3 Å². The summed E-state index contributed by atoms with van der Waals surface area (Å²) in [5.74, 6) is -0.117. The first-order chi connectivity index (χ1) is 16.6. The van der Waals surface area contributed by atoms with Crippen molar-refractivity contribution in [1.82, 2.24) is 4.90 Å². The third-order valence-electron chi connectivity index (χ3n) is 5.52. The van der Waals surface area contributed by atoms with Crippen molar-refractivity contribution in [2.45, 2.75) is 20.0 Å². The van der Waals surface area contributed by atoms with Gasteiger partial charge < -0.3 is 4.74 Å². The van der Waals surface area contributed by atoms with Crippen molar-refractivity contribution in [3.05, 3.63) is 137 Å². The summed E-state index contributed by atoms with van der Waals surface area (Å²) >= 11 is 0. The number of carbonyl (C=O) groups is 2. The topological polar surface area (TPSA) is 46.6 Å². The largest absolute Gasteiger partial charge is 0.423 e. The summed E-state index contributed by atoms with van der Waals surface area (Å²) in [6, 6.07) is 34.3. The second-order valence-corrected chi connectivity index (χ2v) is 8.32. The van der Waals surface area contributed by atoms with Gasteiger partial charge in [0, 0.05) is 18.7 Å². The highest BCUT2D eigenvalue weighted by Crippen LogP contribution is 2.18. The third-order valence-corrected chi connectivity index (χ3v) is 5.52. The molecule has 0 saturated carbocycles. The van der Waals surface area contributed by atoms with Gasteiger partial charge in [-0.15, -0.1) is 12.4 Å². The van der Waals surface area contributed by atoms with Crippen LogP contribution in [-0.2, 0) is 13.1 Å². The Hall–Kier alpha value is -3.73. The summed E-state index contributed by atoms with van der Waals surface area (Å²) in [7, 11) is 0. The number of hydrogen-bond acceptors (Lipinski definition) is 4. The average Bonchev–Trinajstić information content (AvgIpc) is 2.86. The van der Waals surface area contributed by atoms with Crippen molar-refractivity contribution in [1.29, 1.82) is 0 Å². The van der Waals surface area contributed by atoms with Gasteiger partial charge in [-0.1, -0.05) is 90.5 Å². The lowest BCUT2D eigenvalue weighted by atomic mass is 10.1. The number of esters is 1. The molecule has 4 aromatic carbocycles. The Balaban J connectivity index is 0.00000342. The summed E-state index contributed by atoms with van der Waals surface area (Å²) in [6.45, 7) is 3.52. The van der Waals surface area contributed by atoms with Gasteiger partial charge >= 0.3 is 5.97 Å². The van der Waals surface area contributed by atoms with Crippen LogP contribution in [0.15, 0.2) is 109 Å². The van der Waals surface area contributed by atoms with Crippen molar-refractivity contribution in [2.75, 3.05) is 6.54 Å². The summed E-state index contributed by atoms with van der Waals surface area (Å²) in [4.78, 5) is 27.8. The van der Waals surface area contributed by atoms with Gasteiger partial charge in [-0.3, -0.25) is 9.69 Å². The van der Waals surface area contributed by atoms with Gasteiger partial charge in [-0.25, -0.2) is 4.79 Å². The van der Waals surface area contributed by atoms with E-state index in [9.17, 15) is 9.59 Å². The van der Waals surface area contributed by atoms with E-state index in [1.165, 1.54) is 0 Å². The second-order valence-electron chi connectivity index (χ2n) is 8.32. The Morgan fingerprint density at radius 3 is 1.83 bits per heavy atom. The molecule has 5 heteroatoms. The third kappa shape index (κ3) is 7.64. The number of carbonyl (C=O) groups excluding carboxylic acids is 2. The van der Waals surface area contributed by atoms with Crippen LogP contribution in [0.4, 0.5) is 0 Å². The zero-order valence-electron chi connectivity index (χ0n) is 19.6. The predicted octanol–water partition coefficient (Wildman–Crippen LogP) is 6.52. The Kier molecular flexibility index (Phi) is 9.36. The zero-order chi connectivity index (χ0) is 23.8. The molecule has 0 heterocycles. The van der Waals surface area contributed by atoms with Gasteiger partial charge in [0.05, 0.1) is 12.1 Å². The van der Waals surface area contributed by atoms with E-state index in [2.05, 4.69) is 29.2 Å². The first kappa shape index (κ1) is 25.9. The molecule has 0 amide bonds. The number of nitrogens with zero attached hydrogens (tertiary/aromatic N) is 1. The van der Waals surface area contributed by atoms with Gasteiger partial charge in [-0.05, 0) is 42.3 Å². The summed E-state index contributed by atoms with van der Waals surface area (Å²) in [5.41, 5.74) is 4.35. The molecule has 0 N–H and O–H groups in total. The maximum absolute atomic E-state index is 13.2. The fourth-order valence-electron chi connectivity index (χ4n) is 3.73. The summed E-state index contributed by atoms with van der Waals surface area (Å²) in [6.07, 6.45) is 0. The number of Topliss-reactive ketones (excluding diaryl/α,β-unsaturated/α-hetero) is 1. The van der Waals surface area contributed by atoms with E-state index >= 15 is 0 Å². The van der Waals surface area contributed by atoms with Gasteiger partial charge in [-0.2, -0.15) is 0 Å². The molecule has 35 heavy (non-hydrogen) atoms. The molecule has 0 radical (unpaired) electrons. The summed E-state index contributed by atoms with van der Waals surface area (Å²) in [5, 5.41) is 0. The zero-order valence-corrected chi connectivity index (χ0v) is 20.4. The molecule has 4 aromatic rings. The molecule has 0 spiro atoms. The molecule has 0 saturated heterocycles. The van der Waals surface area contributed by atoms with Gasteiger partial charge in [0.2, 0.25) is 0 Å². The van der Waals surface area contributed by atoms with E-state index in [-0.39, 0.29) is 24.7 Å². The SMILES string of the molecule is Cc1ccc(C(=O)Oc2cccc(C(=O)CN(Cc3ccccc3)Cc3ccccc3)c2)cc1.Cl. The van der Waals surface area contributed by atoms with Crippen molar-refractivity contribution >= 4 is 24.2 Å². The fraction of sp³-hybridized carbons (Fsp3) is 0.133. The minimum atomic E-state index is -0.445. The molecule has 0 aliphatic carbocycles. The molecule has 4 rings (SSSR count). The molecule has 0 aliphatic heterocycles. The van der Waals surface area contributed by atoms with Crippen LogP contribution in [-0.4, -0.2) is 23.2 Å². The number of aryl methyl sites for hydroxylation is 1. The molecule has 0 aliphatic rings. The van der Waals surface area contributed by atoms with E-state index in [4.69, 9.17) is 4.74 Å². The van der Waals surface area contributed by atoms with E-state index in [1.54, 1.807) is 36.4 Å². The van der Waals surface area contributed by atoms with Crippen LogP contribution >= 0.6 is 12.4 Å². The molecule has 0 bridgehead atoms. The molecular weight excluding hydrogens is 458 g/mol. The van der Waals surface area contributed by atoms with E-state index in [1.807, 2.05) is 55.5 Å². The Bertz CT molecular complexity index is 1200. The number of ether oxygens (including phenoxy) is 1. The molecule has 0 fully saturated rings. The summed E-state index contributed by atoms with van der Waals surface area (Å²) < 4.78 is 5.52. The van der Waals surface area contributed by atoms with Gasteiger partial charge in [0.15, 0.2) is 5.78 Å². The lowest BCUT2D eigenvalue weighted by Gasteiger charge is -2.22. The quantitative estimate of drug-likeness (QED) is 0.154. The Morgan fingerprint density at radius 2 is 1.26 bits per heavy atom. The highest BCUT2D eigenvalue weighted by atomic mass is 35.5. The maximum atomic E-state index is 13.2. The molecule has 0 atom stereocenters. The minimum absolute atomic E-state index is 0. The first-order valence-corrected chi connectivity index (χ1v) is 11.3. The smallest absolute Gasteiger partial charge is 0.343 e. The van der Waals surface area contributed by atoms with E-state index < -0.39 is 5.97 Å². The van der Waals surface area contributed by atoms with Crippen molar-refractivity contribution in [2.24, 2.45) is 0 Å². The minimum Gasteiger partial charge on any atom is -0.423 e. The van der Waals surface area contributed by atoms with Crippen LogP contribution in [0.3, 0.4) is 0 Å². The monoisotopic (exact) mass is 485 g/mol. The molecule has 0 unspecified atom stereocenters. The van der Waals surface area contributed by atoms with Crippen molar-refractivity contribution in [3.63, 3.8) is 0 Å². The maximum Gasteiger partial charge on any atom is 0.343 e. The highest BCUT2D eigenvalue weighted by molar-refractivity contribution is 5.98. The number of ketones is 1. The van der Waals surface area contributed by atoms with Crippen LogP contribution < -0.4 is 4.74 Å². The normalized spacial score (nSPS) is 10.5. The second kappa shape index (κ2) is 12.7. The fourth-order valence-corrected chi connectivity index (χ4v) is 3.73. The van der Waals surface area contributed by atoms with Crippen molar-refractivity contribution in [3.8, 4) is 5.75 Å². The van der Waals surface area contributed by atoms with Crippen LogP contribution in [0.25, 0.3) is 0 Å². The predicted molar refractivity (Wildman–Crippen MR) is 141 cm³/mol.